The van der Waals surface area contributed by atoms with Gasteiger partial charge in [-0.3, -0.25) is 15.1 Å². The summed E-state index contributed by atoms with van der Waals surface area (Å²) in [4.78, 5) is 15.6. The van der Waals surface area contributed by atoms with E-state index in [1.54, 1.807) is 36.3 Å². The first-order valence-corrected chi connectivity index (χ1v) is 6.88. The fourth-order valence-corrected chi connectivity index (χ4v) is 2.08. The summed E-state index contributed by atoms with van der Waals surface area (Å²) in [6.45, 7) is 0.506. The number of rotatable bonds is 5. The van der Waals surface area contributed by atoms with E-state index in [-0.39, 0.29) is 10.6 Å². The Kier molecular flexibility index (Phi) is 4.35. The average Bonchev–Trinajstić information content (AvgIpc) is 2.45. The molecule has 1 aromatic heterocycles. The third-order valence-electron chi connectivity index (χ3n) is 2.61. The van der Waals surface area contributed by atoms with E-state index in [1.165, 1.54) is 6.07 Å². The number of nitro groups is 1. The van der Waals surface area contributed by atoms with Gasteiger partial charge in [-0.05, 0) is 30.0 Å². The van der Waals surface area contributed by atoms with E-state index in [0.717, 1.165) is 10.5 Å². The molecule has 1 N–H and O–H groups in total. The lowest BCUT2D eigenvalue weighted by molar-refractivity contribution is -0.384. The van der Waals surface area contributed by atoms with Gasteiger partial charge in [-0.1, -0.05) is 6.07 Å². The Morgan fingerprint density at radius 1 is 1.42 bits per heavy atom. The Hall–Kier alpha value is -2.08. The van der Waals surface area contributed by atoms with Crippen LogP contribution in [0.15, 0.2) is 47.6 Å². The van der Waals surface area contributed by atoms with E-state index in [4.69, 9.17) is 0 Å². The van der Waals surface area contributed by atoms with E-state index in [9.17, 15) is 10.1 Å². The first-order chi connectivity index (χ1) is 9.20. The van der Waals surface area contributed by atoms with Gasteiger partial charge in [-0.2, -0.15) is 0 Å². The maximum atomic E-state index is 11.0. The Bertz CT molecular complexity index is 575. The molecule has 0 aliphatic carbocycles. The molecule has 2 aromatic rings. The molecule has 0 aliphatic heterocycles. The lowest BCUT2D eigenvalue weighted by atomic mass is 10.2. The standard InChI is InChI=1S/C13H13N3O2S/c1-19-11-4-5-13(16(17)18)12(7-11)15-9-10-3-2-6-14-8-10/h2-8,15H,9H2,1H3. The predicted molar refractivity (Wildman–Crippen MR) is 76.4 cm³/mol. The molecular weight excluding hydrogens is 262 g/mol. The number of benzene rings is 1. The Balaban J connectivity index is 2.20. The third kappa shape index (κ3) is 3.45. The minimum absolute atomic E-state index is 0.0849. The van der Waals surface area contributed by atoms with Crippen molar-refractivity contribution in [1.82, 2.24) is 4.98 Å². The number of anilines is 1. The van der Waals surface area contributed by atoms with E-state index in [1.807, 2.05) is 18.4 Å². The van der Waals surface area contributed by atoms with Gasteiger partial charge in [0.15, 0.2) is 0 Å². The number of thioether (sulfide) groups is 1. The highest BCUT2D eigenvalue weighted by molar-refractivity contribution is 7.98. The lowest BCUT2D eigenvalue weighted by Gasteiger charge is -2.08. The zero-order chi connectivity index (χ0) is 13.7. The summed E-state index contributed by atoms with van der Waals surface area (Å²) in [5.74, 6) is 0. The highest BCUT2D eigenvalue weighted by atomic mass is 32.2. The number of nitrogens with one attached hydrogen (secondary N) is 1. The van der Waals surface area contributed by atoms with Gasteiger partial charge in [-0.15, -0.1) is 11.8 Å². The Morgan fingerprint density at radius 2 is 2.26 bits per heavy atom. The van der Waals surface area contributed by atoms with Gasteiger partial charge in [0.05, 0.1) is 4.92 Å². The second kappa shape index (κ2) is 6.19. The molecule has 0 unspecified atom stereocenters. The molecule has 0 atom stereocenters. The van der Waals surface area contributed by atoms with Crippen molar-refractivity contribution >= 4 is 23.1 Å². The summed E-state index contributed by atoms with van der Waals surface area (Å²) in [5.41, 5.74) is 1.59. The van der Waals surface area contributed by atoms with Crippen LogP contribution in [-0.2, 0) is 6.54 Å². The molecule has 0 bridgehead atoms. The van der Waals surface area contributed by atoms with Gasteiger partial charge in [0, 0.05) is 29.9 Å². The fourth-order valence-electron chi connectivity index (χ4n) is 1.64. The van der Waals surface area contributed by atoms with Crippen molar-refractivity contribution in [2.45, 2.75) is 11.4 Å². The molecule has 0 aliphatic rings. The van der Waals surface area contributed by atoms with Gasteiger partial charge >= 0.3 is 0 Å². The molecule has 5 nitrogen and oxygen atoms in total. The van der Waals surface area contributed by atoms with E-state index >= 15 is 0 Å². The van der Waals surface area contributed by atoms with E-state index in [2.05, 4.69) is 10.3 Å². The third-order valence-corrected chi connectivity index (χ3v) is 3.33. The van der Waals surface area contributed by atoms with Crippen molar-refractivity contribution < 1.29 is 4.92 Å². The normalized spacial score (nSPS) is 10.2. The highest BCUT2D eigenvalue weighted by Gasteiger charge is 2.13. The molecule has 0 spiro atoms. The summed E-state index contributed by atoms with van der Waals surface area (Å²) < 4.78 is 0. The lowest BCUT2D eigenvalue weighted by Crippen LogP contribution is -2.03. The second-order valence-electron chi connectivity index (χ2n) is 3.86. The molecular formula is C13H13N3O2S. The Morgan fingerprint density at radius 3 is 2.89 bits per heavy atom. The molecule has 0 saturated heterocycles. The van der Waals surface area contributed by atoms with Gasteiger partial charge in [-0.25, -0.2) is 0 Å². The van der Waals surface area contributed by atoms with E-state index < -0.39 is 0 Å². The van der Waals surface area contributed by atoms with Crippen LogP contribution in [0.1, 0.15) is 5.56 Å². The monoisotopic (exact) mass is 275 g/mol. The summed E-state index contributed by atoms with van der Waals surface area (Å²) >= 11 is 1.55. The van der Waals surface area contributed by atoms with Crippen LogP contribution in [0.25, 0.3) is 0 Å². The van der Waals surface area contributed by atoms with Gasteiger partial charge < -0.3 is 5.32 Å². The fraction of sp³-hybridized carbons (Fsp3) is 0.154. The van der Waals surface area contributed by atoms with Crippen molar-refractivity contribution in [3.05, 3.63) is 58.4 Å². The molecule has 2 rings (SSSR count). The molecule has 98 valence electrons. The van der Waals surface area contributed by atoms with Gasteiger partial charge in [0.25, 0.3) is 5.69 Å². The average molecular weight is 275 g/mol. The molecule has 1 heterocycles. The zero-order valence-corrected chi connectivity index (χ0v) is 11.2. The number of hydrogen-bond donors (Lipinski definition) is 1. The molecule has 0 amide bonds. The number of pyridine rings is 1. The minimum Gasteiger partial charge on any atom is -0.375 e. The summed E-state index contributed by atoms with van der Waals surface area (Å²) in [6, 6.07) is 8.82. The SMILES string of the molecule is CSc1ccc([N+](=O)[O-])c(NCc2cccnc2)c1. The van der Waals surface area contributed by atoms with Crippen LogP contribution in [0.5, 0.6) is 0 Å². The smallest absolute Gasteiger partial charge is 0.292 e. The van der Waals surface area contributed by atoms with Crippen LogP contribution < -0.4 is 5.32 Å². The molecule has 0 saturated carbocycles. The summed E-state index contributed by atoms with van der Waals surface area (Å²) in [5, 5.41) is 14.1. The van der Waals surface area contributed by atoms with Crippen LogP contribution in [0, 0.1) is 10.1 Å². The topological polar surface area (TPSA) is 68.1 Å². The number of nitro benzene ring substituents is 1. The van der Waals surface area contributed by atoms with Crippen molar-refractivity contribution in [3.8, 4) is 0 Å². The molecule has 0 fully saturated rings. The molecule has 6 heteroatoms. The second-order valence-corrected chi connectivity index (χ2v) is 4.73. The maximum Gasteiger partial charge on any atom is 0.292 e. The largest absolute Gasteiger partial charge is 0.375 e. The maximum absolute atomic E-state index is 11.0. The van der Waals surface area contributed by atoms with Crippen LogP contribution in [0.2, 0.25) is 0 Å². The number of aromatic nitrogens is 1. The van der Waals surface area contributed by atoms with E-state index in [0.29, 0.717) is 12.2 Å². The van der Waals surface area contributed by atoms with Crippen LogP contribution in [0.3, 0.4) is 0 Å². The minimum atomic E-state index is -0.379. The van der Waals surface area contributed by atoms with Crippen molar-refractivity contribution in [2.75, 3.05) is 11.6 Å². The van der Waals surface area contributed by atoms with Crippen molar-refractivity contribution in [1.29, 1.82) is 0 Å². The first kappa shape index (κ1) is 13.4. The molecule has 0 radical (unpaired) electrons. The Labute approximate surface area is 115 Å². The quantitative estimate of drug-likeness (QED) is 0.515. The summed E-state index contributed by atoms with van der Waals surface area (Å²) in [6.07, 6.45) is 5.36. The highest BCUT2D eigenvalue weighted by Crippen LogP contribution is 2.29. The zero-order valence-electron chi connectivity index (χ0n) is 10.4. The van der Waals surface area contributed by atoms with Crippen molar-refractivity contribution in [3.63, 3.8) is 0 Å². The van der Waals surface area contributed by atoms with Crippen LogP contribution in [-0.4, -0.2) is 16.2 Å². The van der Waals surface area contributed by atoms with Crippen LogP contribution in [0.4, 0.5) is 11.4 Å². The molecule has 1 aromatic carbocycles. The summed E-state index contributed by atoms with van der Waals surface area (Å²) in [7, 11) is 0. The van der Waals surface area contributed by atoms with Gasteiger partial charge in [0.1, 0.15) is 5.69 Å². The predicted octanol–water partition coefficient (Wildman–Crippen LogP) is 3.32. The molecule has 19 heavy (non-hydrogen) atoms. The first-order valence-electron chi connectivity index (χ1n) is 5.66. The van der Waals surface area contributed by atoms with Crippen LogP contribution >= 0.6 is 11.8 Å². The van der Waals surface area contributed by atoms with Crippen molar-refractivity contribution in [2.24, 2.45) is 0 Å². The number of nitrogens with zero attached hydrogens (tertiary/aromatic N) is 2. The number of hydrogen-bond acceptors (Lipinski definition) is 5. The van der Waals surface area contributed by atoms with Gasteiger partial charge in [0.2, 0.25) is 0 Å².